The van der Waals surface area contributed by atoms with Gasteiger partial charge in [0, 0.05) is 0 Å². The van der Waals surface area contributed by atoms with Gasteiger partial charge in [-0.2, -0.15) is 0 Å². The van der Waals surface area contributed by atoms with Crippen LogP contribution in [-0.2, 0) is 14.3 Å². The summed E-state index contributed by atoms with van der Waals surface area (Å²) in [6.07, 6.45) is 0. The molecule has 1 amide bonds. The SMILES string of the molecule is CNC(C)C(=O)N1CC(C)(OCC(=O)O)C1. The van der Waals surface area contributed by atoms with E-state index in [2.05, 4.69) is 5.32 Å². The van der Waals surface area contributed by atoms with Crippen molar-refractivity contribution in [2.75, 3.05) is 26.7 Å². The zero-order chi connectivity index (χ0) is 12.3. The lowest BCUT2D eigenvalue weighted by Crippen LogP contribution is -2.65. The molecule has 0 spiro atoms. The van der Waals surface area contributed by atoms with Gasteiger partial charge in [0.15, 0.2) is 0 Å². The molecule has 0 aromatic carbocycles. The second-order valence-corrected chi connectivity index (χ2v) is 4.34. The largest absolute Gasteiger partial charge is 0.480 e. The molecule has 16 heavy (non-hydrogen) atoms. The van der Waals surface area contributed by atoms with Crippen LogP contribution in [0.1, 0.15) is 13.8 Å². The van der Waals surface area contributed by atoms with Crippen LogP contribution in [0.15, 0.2) is 0 Å². The normalized spacial score (nSPS) is 20.1. The quantitative estimate of drug-likeness (QED) is 0.652. The van der Waals surface area contributed by atoms with E-state index in [1.807, 2.05) is 6.92 Å². The Morgan fingerprint density at radius 3 is 2.56 bits per heavy atom. The second-order valence-electron chi connectivity index (χ2n) is 4.34. The molecule has 2 N–H and O–H groups in total. The van der Waals surface area contributed by atoms with Crippen LogP contribution < -0.4 is 5.32 Å². The van der Waals surface area contributed by atoms with Gasteiger partial charge in [-0.15, -0.1) is 0 Å². The first-order chi connectivity index (χ1) is 7.38. The van der Waals surface area contributed by atoms with Gasteiger partial charge in [-0.05, 0) is 20.9 Å². The van der Waals surface area contributed by atoms with Crippen molar-refractivity contribution in [3.8, 4) is 0 Å². The Morgan fingerprint density at radius 1 is 1.56 bits per heavy atom. The third kappa shape index (κ3) is 2.93. The van der Waals surface area contributed by atoms with E-state index in [9.17, 15) is 9.59 Å². The minimum Gasteiger partial charge on any atom is -0.480 e. The van der Waals surface area contributed by atoms with Crippen molar-refractivity contribution in [3.63, 3.8) is 0 Å². The number of nitrogens with zero attached hydrogens (tertiary/aromatic N) is 1. The third-order valence-corrected chi connectivity index (χ3v) is 2.71. The standard InChI is InChI=1S/C10H18N2O4/c1-7(11-3)9(15)12-5-10(2,6-12)16-4-8(13)14/h7,11H,4-6H2,1-3H3,(H,13,14). The van der Waals surface area contributed by atoms with Crippen molar-refractivity contribution in [2.45, 2.75) is 25.5 Å². The minimum absolute atomic E-state index is 0.0129. The first-order valence-electron chi connectivity index (χ1n) is 5.20. The van der Waals surface area contributed by atoms with E-state index in [1.54, 1.807) is 18.9 Å². The van der Waals surface area contributed by atoms with E-state index in [4.69, 9.17) is 9.84 Å². The Labute approximate surface area is 94.6 Å². The molecule has 1 aliphatic rings. The number of rotatable bonds is 5. The highest BCUT2D eigenvalue weighted by atomic mass is 16.5. The van der Waals surface area contributed by atoms with Gasteiger partial charge in [0.05, 0.1) is 19.1 Å². The highest BCUT2D eigenvalue weighted by Crippen LogP contribution is 2.25. The number of carboxylic acids is 1. The lowest BCUT2D eigenvalue weighted by Gasteiger charge is -2.48. The number of hydrogen-bond donors (Lipinski definition) is 2. The summed E-state index contributed by atoms with van der Waals surface area (Å²) >= 11 is 0. The summed E-state index contributed by atoms with van der Waals surface area (Å²) in [5.74, 6) is -0.978. The first kappa shape index (κ1) is 12.9. The predicted molar refractivity (Wildman–Crippen MR) is 57.1 cm³/mol. The number of carbonyl (C=O) groups is 2. The Balaban J connectivity index is 2.35. The smallest absolute Gasteiger partial charge is 0.329 e. The Morgan fingerprint density at radius 2 is 2.12 bits per heavy atom. The molecule has 6 heteroatoms. The Kier molecular flexibility index (Phi) is 3.88. The van der Waals surface area contributed by atoms with Gasteiger partial charge in [-0.25, -0.2) is 4.79 Å². The number of aliphatic carboxylic acids is 1. The van der Waals surface area contributed by atoms with Crippen LogP contribution >= 0.6 is 0 Å². The Hall–Kier alpha value is -1.14. The molecule has 0 bridgehead atoms. The van der Waals surface area contributed by atoms with E-state index < -0.39 is 11.6 Å². The zero-order valence-electron chi connectivity index (χ0n) is 9.82. The average molecular weight is 230 g/mol. The molecule has 1 unspecified atom stereocenters. The van der Waals surface area contributed by atoms with Gasteiger partial charge in [-0.3, -0.25) is 4.79 Å². The van der Waals surface area contributed by atoms with Crippen molar-refractivity contribution in [3.05, 3.63) is 0 Å². The van der Waals surface area contributed by atoms with Crippen LogP contribution in [0.2, 0.25) is 0 Å². The van der Waals surface area contributed by atoms with Gasteiger partial charge in [0.25, 0.3) is 0 Å². The number of likely N-dealkylation sites (tertiary alicyclic amines) is 1. The second kappa shape index (κ2) is 4.80. The molecule has 0 aliphatic carbocycles. The molecular formula is C10H18N2O4. The van der Waals surface area contributed by atoms with E-state index in [0.29, 0.717) is 13.1 Å². The van der Waals surface area contributed by atoms with E-state index in [0.717, 1.165) is 0 Å². The summed E-state index contributed by atoms with van der Waals surface area (Å²) in [6.45, 7) is 4.18. The summed E-state index contributed by atoms with van der Waals surface area (Å²) in [5.41, 5.74) is -0.512. The lowest BCUT2D eigenvalue weighted by molar-refractivity contribution is -0.174. The van der Waals surface area contributed by atoms with Crippen LogP contribution in [0.3, 0.4) is 0 Å². The average Bonchev–Trinajstić information content (AvgIpc) is 2.20. The van der Waals surface area contributed by atoms with Crippen molar-refractivity contribution in [1.82, 2.24) is 10.2 Å². The summed E-state index contributed by atoms with van der Waals surface area (Å²) in [6, 6.07) is -0.218. The molecule has 1 fully saturated rings. The van der Waals surface area contributed by atoms with Gasteiger partial charge >= 0.3 is 5.97 Å². The van der Waals surface area contributed by atoms with Crippen LogP contribution in [0.4, 0.5) is 0 Å². The number of carbonyl (C=O) groups excluding carboxylic acids is 1. The molecule has 0 radical (unpaired) electrons. The van der Waals surface area contributed by atoms with E-state index in [-0.39, 0.29) is 18.6 Å². The van der Waals surface area contributed by atoms with Gasteiger partial charge < -0.3 is 20.1 Å². The molecule has 0 aromatic heterocycles. The number of amides is 1. The molecule has 6 nitrogen and oxygen atoms in total. The summed E-state index contributed by atoms with van der Waals surface area (Å²) in [5, 5.41) is 11.3. The molecule has 1 rings (SSSR count). The van der Waals surface area contributed by atoms with Gasteiger partial charge in [-0.1, -0.05) is 0 Å². The molecule has 1 heterocycles. The minimum atomic E-state index is -0.991. The topological polar surface area (TPSA) is 78.9 Å². The molecule has 92 valence electrons. The fourth-order valence-electron chi connectivity index (χ4n) is 1.64. The molecule has 0 aromatic rings. The third-order valence-electron chi connectivity index (χ3n) is 2.71. The fourth-order valence-corrected chi connectivity index (χ4v) is 1.64. The number of ether oxygens (including phenoxy) is 1. The molecule has 1 atom stereocenters. The van der Waals surface area contributed by atoms with Crippen molar-refractivity contribution >= 4 is 11.9 Å². The maximum Gasteiger partial charge on any atom is 0.329 e. The van der Waals surface area contributed by atoms with Crippen molar-refractivity contribution in [1.29, 1.82) is 0 Å². The zero-order valence-corrected chi connectivity index (χ0v) is 9.82. The lowest BCUT2D eigenvalue weighted by atomic mass is 9.95. The van der Waals surface area contributed by atoms with Crippen LogP contribution in [0, 0.1) is 0 Å². The highest BCUT2D eigenvalue weighted by molar-refractivity contribution is 5.82. The predicted octanol–water partition coefficient (Wildman–Crippen LogP) is -0.704. The molecule has 0 saturated carbocycles. The van der Waals surface area contributed by atoms with E-state index in [1.165, 1.54) is 0 Å². The first-order valence-corrected chi connectivity index (χ1v) is 5.20. The maximum absolute atomic E-state index is 11.7. The Bertz CT molecular complexity index is 287. The summed E-state index contributed by atoms with van der Waals surface area (Å²) in [4.78, 5) is 23.7. The van der Waals surface area contributed by atoms with Crippen LogP contribution in [0.5, 0.6) is 0 Å². The number of likely N-dealkylation sites (N-methyl/N-ethyl adjacent to an activating group) is 1. The molecule has 1 aliphatic heterocycles. The number of nitrogens with one attached hydrogen (secondary N) is 1. The van der Waals surface area contributed by atoms with Gasteiger partial charge in [0.2, 0.25) is 5.91 Å². The molecule has 1 saturated heterocycles. The summed E-state index contributed by atoms with van der Waals surface area (Å²) in [7, 11) is 1.72. The van der Waals surface area contributed by atoms with E-state index >= 15 is 0 Å². The number of hydrogen-bond acceptors (Lipinski definition) is 4. The van der Waals surface area contributed by atoms with Crippen molar-refractivity contribution in [2.24, 2.45) is 0 Å². The van der Waals surface area contributed by atoms with Gasteiger partial charge in [0.1, 0.15) is 12.2 Å². The maximum atomic E-state index is 11.7. The fraction of sp³-hybridized carbons (Fsp3) is 0.800. The molecular weight excluding hydrogens is 212 g/mol. The number of carboxylic acid groups (broad SMARTS) is 1. The van der Waals surface area contributed by atoms with Crippen LogP contribution in [-0.4, -0.2) is 60.3 Å². The monoisotopic (exact) mass is 230 g/mol. The van der Waals surface area contributed by atoms with Crippen LogP contribution in [0.25, 0.3) is 0 Å². The summed E-state index contributed by atoms with van der Waals surface area (Å²) < 4.78 is 5.21. The highest BCUT2D eigenvalue weighted by Gasteiger charge is 2.43. The van der Waals surface area contributed by atoms with Crippen molar-refractivity contribution < 1.29 is 19.4 Å².